The minimum absolute atomic E-state index is 0.0760. The lowest BCUT2D eigenvalue weighted by Gasteiger charge is -2.09. The predicted octanol–water partition coefficient (Wildman–Crippen LogP) is 4.16. The van der Waals surface area contributed by atoms with Crippen LogP contribution in [-0.4, -0.2) is 20.1 Å². The first kappa shape index (κ1) is 18.9. The summed E-state index contributed by atoms with van der Waals surface area (Å²) in [7, 11) is 0. The van der Waals surface area contributed by atoms with Crippen LogP contribution in [0.5, 0.6) is 0 Å². The van der Waals surface area contributed by atoms with Crippen LogP contribution >= 0.6 is 34.5 Å². The van der Waals surface area contributed by atoms with Crippen LogP contribution in [0.4, 0.5) is 0 Å². The van der Waals surface area contributed by atoms with E-state index in [4.69, 9.17) is 23.2 Å². The molecule has 3 aromatic rings. The molecule has 5 nitrogen and oxygen atoms in total. The van der Waals surface area contributed by atoms with Gasteiger partial charge in [0.05, 0.1) is 11.2 Å². The Morgan fingerprint density at radius 3 is 2.77 bits per heavy atom. The minimum Gasteiger partial charge on any atom is -0.348 e. The van der Waals surface area contributed by atoms with Gasteiger partial charge in [0.25, 0.3) is 5.56 Å². The number of thiophene rings is 1. The number of rotatable bonds is 6. The van der Waals surface area contributed by atoms with E-state index >= 15 is 0 Å². The first-order chi connectivity index (χ1) is 12.4. The zero-order valence-corrected chi connectivity index (χ0v) is 16.7. The van der Waals surface area contributed by atoms with Crippen molar-refractivity contribution in [3.8, 4) is 0 Å². The monoisotopic (exact) mass is 409 g/mol. The highest BCUT2D eigenvalue weighted by Gasteiger charge is 2.18. The first-order valence-electron chi connectivity index (χ1n) is 8.02. The number of ketones is 1. The largest absolute Gasteiger partial charge is 0.348 e. The van der Waals surface area contributed by atoms with Crippen LogP contribution in [0.2, 0.25) is 10.0 Å². The summed E-state index contributed by atoms with van der Waals surface area (Å²) in [5.74, 6) is -0.187. The topological polar surface area (TPSA) is 56.9 Å². The average Bonchev–Trinajstić information content (AvgIpc) is 3.22. The molecule has 136 valence electrons. The normalized spacial score (nSPS) is 11.1. The molecule has 0 spiro atoms. The third-order valence-corrected chi connectivity index (χ3v) is 5.96. The Morgan fingerprint density at radius 1 is 1.31 bits per heavy atom. The van der Waals surface area contributed by atoms with E-state index in [0.29, 0.717) is 5.56 Å². The second-order valence-corrected chi connectivity index (χ2v) is 7.78. The lowest BCUT2D eigenvalue weighted by molar-refractivity contribution is 0.0965. The van der Waals surface area contributed by atoms with Gasteiger partial charge in [0, 0.05) is 28.4 Å². The van der Waals surface area contributed by atoms with Gasteiger partial charge < -0.3 is 4.57 Å². The Morgan fingerprint density at radius 2 is 2.08 bits per heavy atom. The third-order valence-electron chi connectivity index (χ3n) is 4.27. The molecule has 0 bridgehead atoms. The van der Waals surface area contributed by atoms with Crippen molar-refractivity contribution in [2.45, 2.75) is 33.4 Å². The predicted molar refractivity (Wildman–Crippen MR) is 105 cm³/mol. The molecule has 0 saturated carbocycles. The molecule has 0 aliphatic carbocycles. The molecule has 3 heterocycles. The van der Waals surface area contributed by atoms with Crippen molar-refractivity contribution in [1.82, 2.24) is 14.3 Å². The van der Waals surface area contributed by atoms with Crippen molar-refractivity contribution in [2.75, 3.05) is 0 Å². The van der Waals surface area contributed by atoms with Crippen molar-refractivity contribution < 1.29 is 4.79 Å². The number of carbonyl (C=O) groups excluding carboxylic acids is 1. The fourth-order valence-electron chi connectivity index (χ4n) is 2.88. The van der Waals surface area contributed by atoms with Gasteiger partial charge in [-0.15, -0.1) is 11.3 Å². The van der Waals surface area contributed by atoms with Crippen molar-refractivity contribution in [2.24, 2.45) is 0 Å². The molecule has 0 aliphatic heterocycles. The quantitative estimate of drug-likeness (QED) is 0.574. The van der Waals surface area contributed by atoms with E-state index in [-0.39, 0.29) is 22.4 Å². The van der Waals surface area contributed by atoms with Crippen LogP contribution < -0.4 is 5.56 Å². The summed E-state index contributed by atoms with van der Waals surface area (Å²) in [5.41, 5.74) is 1.92. The minimum atomic E-state index is -0.570. The van der Waals surface area contributed by atoms with Gasteiger partial charge in [-0.1, -0.05) is 29.3 Å². The summed E-state index contributed by atoms with van der Waals surface area (Å²) in [6.07, 6.45) is 2.18. The average molecular weight is 410 g/mol. The summed E-state index contributed by atoms with van der Waals surface area (Å²) in [5, 5.41) is 5.90. The lowest BCUT2D eigenvalue weighted by Crippen LogP contribution is -2.27. The van der Waals surface area contributed by atoms with Crippen LogP contribution in [0.3, 0.4) is 0 Å². The second kappa shape index (κ2) is 7.78. The maximum atomic E-state index is 12.7. The van der Waals surface area contributed by atoms with Crippen LogP contribution in [0.15, 0.2) is 34.6 Å². The number of hydrogen-bond donors (Lipinski definition) is 0. The Hall–Kier alpha value is -1.89. The zero-order chi connectivity index (χ0) is 18.8. The lowest BCUT2D eigenvalue weighted by atomic mass is 10.1. The number of aromatic nitrogens is 3. The molecule has 0 unspecified atom stereocenters. The Kier molecular flexibility index (Phi) is 5.65. The van der Waals surface area contributed by atoms with E-state index in [9.17, 15) is 9.59 Å². The molecule has 0 saturated heterocycles. The fourth-order valence-corrected chi connectivity index (χ4v) is 3.85. The van der Waals surface area contributed by atoms with Gasteiger partial charge in [0.15, 0.2) is 5.78 Å². The molecule has 3 aromatic heterocycles. The number of aryl methyl sites for hydroxylation is 2. The van der Waals surface area contributed by atoms with Crippen molar-refractivity contribution in [3.63, 3.8) is 0 Å². The third kappa shape index (κ3) is 3.77. The molecule has 0 radical (unpaired) electrons. The van der Waals surface area contributed by atoms with E-state index in [1.165, 1.54) is 11.1 Å². The van der Waals surface area contributed by atoms with E-state index in [1.807, 2.05) is 26.0 Å². The number of nitrogens with zero attached hydrogens (tertiary/aromatic N) is 3. The molecule has 0 fully saturated rings. The standard InChI is InChI=1S/C18H17Cl2N3O2S/c1-11-8-14(12(2)22(11)6-5-13-4-3-7-26-13)16(24)10-23-18(25)17(20)15(19)9-21-23/h3-4,7-9H,5-6,10H2,1-2H3. The van der Waals surface area contributed by atoms with Gasteiger partial charge in [-0.2, -0.15) is 5.10 Å². The van der Waals surface area contributed by atoms with E-state index in [1.54, 1.807) is 11.3 Å². The molecular weight excluding hydrogens is 393 g/mol. The maximum absolute atomic E-state index is 12.7. The van der Waals surface area contributed by atoms with Crippen LogP contribution in [0.1, 0.15) is 26.6 Å². The summed E-state index contributed by atoms with van der Waals surface area (Å²) >= 11 is 13.3. The molecular formula is C18H17Cl2N3O2S. The Balaban J connectivity index is 1.81. The Labute approximate surface area is 164 Å². The van der Waals surface area contributed by atoms with Gasteiger partial charge >= 0.3 is 0 Å². The van der Waals surface area contributed by atoms with Crippen molar-refractivity contribution in [3.05, 3.63) is 72.0 Å². The molecule has 0 amide bonds. The number of Topliss-reactive ketones (excluding diaryl/α,β-unsaturated/α-hetero) is 1. The van der Waals surface area contributed by atoms with Gasteiger partial charge in [0.2, 0.25) is 0 Å². The van der Waals surface area contributed by atoms with Crippen LogP contribution in [0, 0.1) is 13.8 Å². The highest BCUT2D eigenvalue weighted by atomic mass is 35.5. The number of halogens is 2. The van der Waals surface area contributed by atoms with Crippen LogP contribution in [0.25, 0.3) is 0 Å². The second-order valence-electron chi connectivity index (χ2n) is 5.96. The van der Waals surface area contributed by atoms with Gasteiger partial charge in [-0.05, 0) is 37.8 Å². The molecule has 0 N–H and O–H groups in total. The highest BCUT2D eigenvalue weighted by molar-refractivity contribution is 7.09. The van der Waals surface area contributed by atoms with Crippen molar-refractivity contribution >= 4 is 40.3 Å². The van der Waals surface area contributed by atoms with Crippen LogP contribution in [-0.2, 0) is 19.5 Å². The van der Waals surface area contributed by atoms with E-state index in [0.717, 1.165) is 29.0 Å². The molecule has 0 aromatic carbocycles. The van der Waals surface area contributed by atoms with Gasteiger partial charge in [0.1, 0.15) is 11.6 Å². The summed E-state index contributed by atoms with van der Waals surface area (Å²) in [6.45, 7) is 4.52. The maximum Gasteiger partial charge on any atom is 0.287 e. The smallest absolute Gasteiger partial charge is 0.287 e. The number of hydrogen-bond acceptors (Lipinski definition) is 4. The van der Waals surface area contributed by atoms with Gasteiger partial charge in [-0.3, -0.25) is 9.59 Å². The van der Waals surface area contributed by atoms with Crippen molar-refractivity contribution in [1.29, 1.82) is 0 Å². The number of carbonyl (C=O) groups is 1. The first-order valence-corrected chi connectivity index (χ1v) is 9.65. The van der Waals surface area contributed by atoms with Gasteiger partial charge in [-0.25, -0.2) is 4.68 Å². The zero-order valence-electron chi connectivity index (χ0n) is 14.3. The summed E-state index contributed by atoms with van der Waals surface area (Å²) in [6, 6.07) is 5.99. The molecule has 3 rings (SSSR count). The highest BCUT2D eigenvalue weighted by Crippen LogP contribution is 2.19. The van der Waals surface area contributed by atoms with E-state index in [2.05, 4.69) is 21.1 Å². The molecule has 8 heteroatoms. The molecule has 0 aliphatic rings. The Bertz CT molecular complexity index is 1010. The SMILES string of the molecule is Cc1cc(C(=O)Cn2ncc(Cl)c(Cl)c2=O)c(C)n1CCc1cccs1. The fraction of sp³-hybridized carbons (Fsp3) is 0.278. The molecule has 26 heavy (non-hydrogen) atoms. The summed E-state index contributed by atoms with van der Waals surface area (Å²) < 4.78 is 3.16. The molecule has 0 atom stereocenters. The van der Waals surface area contributed by atoms with E-state index < -0.39 is 5.56 Å². The summed E-state index contributed by atoms with van der Waals surface area (Å²) in [4.78, 5) is 26.1.